The third-order valence-electron chi connectivity index (χ3n) is 2.50. The van der Waals surface area contributed by atoms with Crippen LogP contribution < -0.4 is 5.32 Å². The molecule has 1 N–H and O–H groups in total. The molecule has 0 amide bonds. The largest absolute Gasteiger partial charge is 0.295 e. The minimum absolute atomic E-state index is 0.545. The van der Waals surface area contributed by atoms with Crippen LogP contribution in [0.15, 0.2) is 30.3 Å². The van der Waals surface area contributed by atoms with Crippen molar-refractivity contribution in [3.05, 3.63) is 35.9 Å². The van der Waals surface area contributed by atoms with Gasteiger partial charge in [-0.25, -0.2) is 0 Å². The van der Waals surface area contributed by atoms with Gasteiger partial charge in [0, 0.05) is 5.75 Å². The van der Waals surface area contributed by atoms with E-state index in [1.807, 2.05) is 36.6 Å². The molecule has 3 heteroatoms. The first-order valence-electron chi connectivity index (χ1n) is 5.50. The highest BCUT2D eigenvalue weighted by atomic mass is 32.2. The van der Waals surface area contributed by atoms with Crippen LogP contribution in [0.5, 0.6) is 0 Å². The Morgan fingerprint density at radius 1 is 1.38 bits per heavy atom. The fourth-order valence-corrected chi connectivity index (χ4v) is 2.42. The van der Waals surface area contributed by atoms with Gasteiger partial charge in [0.2, 0.25) is 0 Å². The summed E-state index contributed by atoms with van der Waals surface area (Å²) >= 11 is 1.69. The van der Waals surface area contributed by atoms with Gasteiger partial charge in [-0.2, -0.15) is 17.0 Å². The minimum atomic E-state index is -0.545. The molecule has 1 aromatic carbocycles. The molecule has 1 atom stereocenters. The Hall–Kier alpha value is -0.980. The summed E-state index contributed by atoms with van der Waals surface area (Å²) in [5.74, 6) is 0.771. The number of rotatable bonds is 6. The molecule has 0 spiro atoms. The molecular weight excluding hydrogens is 216 g/mol. The maximum Gasteiger partial charge on any atom is 0.141 e. The van der Waals surface area contributed by atoms with E-state index in [4.69, 9.17) is 0 Å². The monoisotopic (exact) mass is 234 g/mol. The molecule has 0 aromatic heterocycles. The Morgan fingerprint density at radius 2 is 2.06 bits per heavy atom. The van der Waals surface area contributed by atoms with Crippen LogP contribution in [-0.2, 0) is 5.54 Å². The summed E-state index contributed by atoms with van der Waals surface area (Å²) < 4.78 is 0. The van der Waals surface area contributed by atoms with Gasteiger partial charge in [-0.15, -0.1) is 0 Å². The maximum atomic E-state index is 9.46. The van der Waals surface area contributed by atoms with Crippen LogP contribution in [0.25, 0.3) is 0 Å². The molecule has 86 valence electrons. The number of hydrogen-bond donors (Lipinski definition) is 1. The standard InChI is InChI=1S/C13H18N2S/c1-3-9-15-13(10-14,11-16-2)12-7-5-4-6-8-12/h4-8,15H,3,9,11H2,1-2H3. The highest BCUT2D eigenvalue weighted by Crippen LogP contribution is 2.24. The van der Waals surface area contributed by atoms with Gasteiger partial charge in [-0.3, -0.25) is 5.32 Å². The van der Waals surface area contributed by atoms with Gasteiger partial charge in [-0.05, 0) is 24.8 Å². The lowest BCUT2D eigenvalue weighted by atomic mass is 9.93. The zero-order valence-electron chi connectivity index (χ0n) is 9.86. The number of nitrogens with one attached hydrogen (secondary N) is 1. The number of nitriles is 1. The average Bonchev–Trinajstić information content (AvgIpc) is 2.36. The van der Waals surface area contributed by atoms with Crippen molar-refractivity contribution in [1.29, 1.82) is 5.26 Å². The van der Waals surface area contributed by atoms with Crippen molar-refractivity contribution in [2.45, 2.75) is 18.9 Å². The van der Waals surface area contributed by atoms with E-state index >= 15 is 0 Å². The maximum absolute atomic E-state index is 9.46. The quantitative estimate of drug-likeness (QED) is 0.822. The Balaban J connectivity index is 2.98. The number of thioether (sulfide) groups is 1. The van der Waals surface area contributed by atoms with E-state index < -0.39 is 5.54 Å². The Kier molecular flexibility index (Phi) is 5.37. The summed E-state index contributed by atoms with van der Waals surface area (Å²) in [5, 5.41) is 12.8. The molecule has 16 heavy (non-hydrogen) atoms. The predicted molar refractivity (Wildman–Crippen MR) is 70.4 cm³/mol. The van der Waals surface area contributed by atoms with E-state index in [0.717, 1.165) is 24.3 Å². The summed E-state index contributed by atoms with van der Waals surface area (Å²) in [4.78, 5) is 0. The fourth-order valence-electron chi connectivity index (χ4n) is 1.65. The number of hydrogen-bond acceptors (Lipinski definition) is 3. The Bertz CT molecular complexity index is 345. The van der Waals surface area contributed by atoms with Crippen LogP contribution in [0, 0.1) is 11.3 Å². The SMILES string of the molecule is CCCNC(C#N)(CSC)c1ccccc1. The summed E-state index contributed by atoms with van der Waals surface area (Å²) in [6, 6.07) is 12.4. The van der Waals surface area contributed by atoms with Crippen molar-refractivity contribution >= 4 is 11.8 Å². The van der Waals surface area contributed by atoms with Crippen molar-refractivity contribution in [3.63, 3.8) is 0 Å². The molecule has 0 saturated heterocycles. The van der Waals surface area contributed by atoms with E-state index in [-0.39, 0.29) is 0 Å². The van der Waals surface area contributed by atoms with Crippen molar-refractivity contribution in [2.75, 3.05) is 18.6 Å². The zero-order chi connectivity index (χ0) is 11.9. The Labute approximate surface area is 102 Å². The number of benzene rings is 1. The summed E-state index contributed by atoms with van der Waals surface area (Å²) in [6.07, 6.45) is 3.06. The first kappa shape index (κ1) is 13.1. The third-order valence-corrected chi connectivity index (χ3v) is 3.22. The summed E-state index contributed by atoms with van der Waals surface area (Å²) in [5.41, 5.74) is 0.511. The van der Waals surface area contributed by atoms with E-state index in [2.05, 4.69) is 18.3 Å². The van der Waals surface area contributed by atoms with Crippen molar-refractivity contribution in [3.8, 4) is 6.07 Å². The molecule has 0 aliphatic carbocycles. The third kappa shape index (κ3) is 3.01. The van der Waals surface area contributed by atoms with Crippen LogP contribution in [-0.4, -0.2) is 18.6 Å². The molecule has 0 aliphatic rings. The highest BCUT2D eigenvalue weighted by molar-refractivity contribution is 7.98. The Morgan fingerprint density at radius 3 is 2.56 bits per heavy atom. The molecule has 1 unspecified atom stereocenters. The van der Waals surface area contributed by atoms with E-state index in [1.54, 1.807) is 11.8 Å². The first-order chi connectivity index (χ1) is 7.79. The zero-order valence-corrected chi connectivity index (χ0v) is 10.7. The van der Waals surface area contributed by atoms with Crippen molar-refractivity contribution in [2.24, 2.45) is 0 Å². The topological polar surface area (TPSA) is 35.8 Å². The lowest BCUT2D eigenvalue weighted by Gasteiger charge is -2.27. The van der Waals surface area contributed by atoms with Gasteiger partial charge in [-0.1, -0.05) is 37.3 Å². The molecule has 0 radical (unpaired) electrons. The van der Waals surface area contributed by atoms with Crippen LogP contribution in [0.2, 0.25) is 0 Å². The molecule has 1 rings (SSSR count). The lowest BCUT2D eigenvalue weighted by molar-refractivity contribution is 0.474. The average molecular weight is 234 g/mol. The van der Waals surface area contributed by atoms with Gasteiger partial charge in [0.25, 0.3) is 0 Å². The molecule has 0 fully saturated rings. The second-order valence-corrected chi connectivity index (χ2v) is 4.61. The highest BCUT2D eigenvalue weighted by Gasteiger charge is 2.30. The van der Waals surface area contributed by atoms with Gasteiger partial charge in [0.1, 0.15) is 5.54 Å². The van der Waals surface area contributed by atoms with E-state index in [1.165, 1.54) is 0 Å². The van der Waals surface area contributed by atoms with E-state index in [0.29, 0.717) is 0 Å². The van der Waals surface area contributed by atoms with Gasteiger partial charge in [0.15, 0.2) is 0 Å². The van der Waals surface area contributed by atoms with E-state index in [9.17, 15) is 5.26 Å². The van der Waals surface area contributed by atoms with Crippen LogP contribution in [0.3, 0.4) is 0 Å². The fraction of sp³-hybridized carbons (Fsp3) is 0.462. The molecular formula is C13H18N2S. The molecule has 0 aliphatic heterocycles. The molecule has 1 aromatic rings. The smallest absolute Gasteiger partial charge is 0.141 e. The van der Waals surface area contributed by atoms with Crippen molar-refractivity contribution < 1.29 is 0 Å². The molecule has 0 saturated carbocycles. The molecule has 0 bridgehead atoms. The molecule has 0 heterocycles. The summed E-state index contributed by atoms with van der Waals surface area (Å²) in [6.45, 7) is 2.97. The summed E-state index contributed by atoms with van der Waals surface area (Å²) in [7, 11) is 0. The van der Waals surface area contributed by atoms with Crippen molar-refractivity contribution in [1.82, 2.24) is 5.32 Å². The predicted octanol–water partition coefficient (Wildman–Crippen LogP) is 2.77. The van der Waals surface area contributed by atoms with Gasteiger partial charge < -0.3 is 0 Å². The van der Waals surface area contributed by atoms with Gasteiger partial charge in [0.05, 0.1) is 6.07 Å². The van der Waals surface area contributed by atoms with Gasteiger partial charge >= 0.3 is 0 Å². The second-order valence-electron chi connectivity index (χ2n) is 3.74. The normalized spacial score (nSPS) is 14.1. The van der Waals surface area contributed by atoms with Crippen LogP contribution in [0.1, 0.15) is 18.9 Å². The first-order valence-corrected chi connectivity index (χ1v) is 6.89. The second kappa shape index (κ2) is 6.57. The number of nitrogens with zero attached hydrogens (tertiary/aromatic N) is 1. The van der Waals surface area contributed by atoms with Crippen LogP contribution >= 0.6 is 11.8 Å². The van der Waals surface area contributed by atoms with Crippen LogP contribution in [0.4, 0.5) is 0 Å². The minimum Gasteiger partial charge on any atom is -0.295 e. The lowest BCUT2D eigenvalue weighted by Crippen LogP contribution is -2.43. The molecule has 2 nitrogen and oxygen atoms in total.